The third-order valence-corrected chi connectivity index (χ3v) is 3.85. The molecule has 2 rings (SSSR count). The summed E-state index contributed by atoms with van der Waals surface area (Å²) in [5.74, 6) is -0.0240. The minimum atomic E-state index is -0.931. The number of ether oxygens (including phenoxy) is 1. The number of amides is 1. The van der Waals surface area contributed by atoms with Crippen molar-refractivity contribution in [1.29, 1.82) is 0 Å². The first-order valence-electron chi connectivity index (χ1n) is 7.44. The highest BCUT2D eigenvalue weighted by Crippen LogP contribution is 2.24. The van der Waals surface area contributed by atoms with Crippen molar-refractivity contribution in [2.75, 3.05) is 40.0 Å². The summed E-state index contributed by atoms with van der Waals surface area (Å²) in [6.45, 7) is 2.13. The molecule has 1 heterocycles. The van der Waals surface area contributed by atoms with Crippen molar-refractivity contribution in [2.24, 2.45) is 5.11 Å². The number of hydrogen-bond acceptors (Lipinski definition) is 4. The van der Waals surface area contributed by atoms with Crippen LogP contribution in [0.4, 0.5) is 4.39 Å². The highest BCUT2D eigenvalue weighted by atomic mass is 19.1. The van der Waals surface area contributed by atoms with Gasteiger partial charge in [0.05, 0.1) is 12.1 Å². The fourth-order valence-corrected chi connectivity index (χ4v) is 2.62. The molecule has 7 nitrogen and oxygen atoms in total. The Morgan fingerprint density at radius 2 is 2.09 bits per heavy atom. The molecule has 124 valence electrons. The van der Waals surface area contributed by atoms with Crippen molar-refractivity contribution in [2.45, 2.75) is 12.1 Å². The van der Waals surface area contributed by atoms with Gasteiger partial charge in [-0.3, -0.25) is 9.18 Å². The minimum Gasteiger partial charge on any atom is -0.376 e. The number of methoxy groups -OCH3 is 1. The molecule has 1 saturated heterocycles. The van der Waals surface area contributed by atoms with Gasteiger partial charge in [0.15, 0.2) is 0 Å². The van der Waals surface area contributed by atoms with Crippen LogP contribution in [-0.4, -0.2) is 56.8 Å². The molecule has 0 saturated carbocycles. The standard InChI is InChI=1S/C15H20FN5O2/c1-23-14(13(10-16)19-20-17)11-2-4-12(5-3-11)15(22)21-8-6-18-7-9-21/h2-5,13-14,18H,6-10H2,1H3/t13-,14-/m1/s1. The van der Waals surface area contributed by atoms with Gasteiger partial charge in [-0.25, -0.2) is 0 Å². The summed E-state index contributed by atoms with van der Waals surface area (Å²) >= 11 is 0. The van der Waals surface area contributed by atoms with Gasteiger partial charge in [-0.2, -0.15) is 0 Å². The summed E-state index contributed by atoms with van der Waals surface area (Å²) in [6, 6.07) is 5.87. The third kappa shape index (κ3) is 4.19. The van der Waals surface area contributed by atoms with E-state index in [1.807, 2.05) is 0 Å². The molecule has 1 fully saturated rings. The van der Waals surface area contributed by atoms with E-state index in [2.05, 4.69) is 15.3 Å². The molecule has 0 radical (unpaired) electrons. The van der Waals surface area contributed by atoms with E-state index in [4.69, 9.17) is 10.3 Å². The number of halogens is 1. The van der Waals surface area contributed by atoms with Crippen molar-refractivity contribution in [1.82, 2.24) is 10.2 Å². The molecule has 1 aromatic carbocycles. The van der Waals surface area contributed by atoms with Crippen molar-refractivity contribution in [3.05, 3.63) is 45.8 Å². The number of nitrogens with zero attached hydrogens (tertiary/aromatic N) is 4. The third-order valence-electron chi connectivity index (χ3n) is 3.85. The largest absolute Gasteiger partial charge is 0.376 e. The topological polar surface area (TPSA) is 90.3 Å². The first-order chi connectivity index (χ1) is 11.2. The van der Waals surface area contributed by atoms with E-state index in [1.165, 1.54) is 7.11 Å². The Hall–Kier alpha value is -2.15. The molecule has 0 aliphatic carbocycles. The molecule has 8 heteroatoms. The highest BCUT2D eigenvalue weighted by molar-refractivity contribution is 5.94. The molecule has 2 atom stereocenters. The maximum Gasteiger partial charge on any atom is 0.253 e. The lowest BCUT2D eigenvalue weighted by molar-refractivity contribution is 0.0714. The number of benzene rings is 1. The second-order valence-corrected chi connectivity index (χ2v) is 5.25. The Morgan fingerprint density at radius 3 is 2.61 bits per heavy atom. The zero-order chi connectivity index (χ0) is 16.7. The van der Waals surface area contributed by atoms with Gasteiger partial charge in [0.1, 0.15) is 6.67 Å². The SMILES string of the molecule is CO[C@H](c1ccc(C(=O)N2CCNCC2)cc1)[C@@H](CF)N=[N+]=[N-]. The zero-order valence-electron chi connectivity index (χ0n) is 13.0. The van der Waals surface area contributed by atoms with Gasteiger partial charge in [-0.15, -0.1) is 0 Å². The highest BCUT2D eigenvalue weighted by Gasteiger charge is 2.23. The number of rotatable bonds is 6. The van der Waals surface area contributed by atoms with E-state index in [0.29, 0.717) is 24.2 Å². The van der Waals surface area contributed by atoms with Gasteiger partial charge in [0.25, 0.3) is 5.91 Å². The second-order valence-electron chi connectivity index (χ2n) is 5.25. The summed E-state index contributed by atoms with van der Waals surface area (Å²) in [4.78, 5) is 16.8. The summed E-state index contributed by atoms with van der Waals surface area (Å²) in [5, 5.41) is 6.62. The monoisotopic (exact) mass is 321 g/mol. The van der Waals surface area contributed by atoms with Crippen molar-refractivity contribution < 1.29 is 13.9 Å². The molecular weight excluding hydrogens is 301 g/mol. The van der Waals surface area contributed by atoms with Gasteiger partial charge in [0.2, 0.25) is 0 Å². The first kappa shape index (κ1) is 17.2. The summed E-state index contributed by atoms with van der Waals surface area (Å²) in [6.07, 6.45) is -0.681. The molecule has 1 aliphatic heterocycles. The van der Waals surface area contributed by atoms with Crippen LogP contribution in [0.3, 0.4) is 0 Å². The van der Waals surface area contributed by atoms with E-state index in [0.717, 1.165) is 13.1 Å². The Balaban J connectivity index is 2.13. The Morgan fingerprint density at radius 1 is 1.43 bits per heavy atom. The van der Waals surface area contributed by atoms with E-state index in [1.54, 1.807) is 29.2 Å². The summed E-state index contributed by atoms with van der Waals surface area (Å²) in [7, 11) is 1.43. The molecule has 1 amide bonds. The van der Waals surface area contributed by atoms with Crippen LogP contribution < -0.4 is 5.32 Å². The summed E-state index contributed by atoms with van der Waals surface area (Å²) in [5.41, 5.74) is 9.74. The second kappa shape index (κ2) is 8.47. The fourth-order valence-electron chi connectivity index (χ4n) is 2.62. The average Bonchev–Trinajstić information content (AvgIpc) is 2.62. The van der Waals surface area contributed by atoms with Gasteiger partial charge in [-0.05, 0) is 23.2 Å². The molecule has 0 unspecified atom stereocenters. The van der Waals surface area contributed by atoms with Crippen LogP contribution in [-0.2, 0) is 4.74 Å². The predicted octanol–water partition coefficient (Wildman–Crippen LogP) is 2.07. The van der Waals surface area contributed by atoms with Crippen LogP contribution >= 0.6 is 0 Å². The van der Waals surface area contributed by atoms with Gasteiger partial charge in [-0.1, -0.05) is 17.2 Å². The minimum absolute atomic E-state index is 0.0240. The molecular formula is C15H20FN5O2. The van der Waals surface area contributed by atoms with Crippen molar-refractivity contribution >= 4 is 5.91 Å². The maximum absolute atomic E-state index is 13.0. The molecule has 1 aliphatic rings. The molecule has 0 bridgehead atoms. The molecule has 1 aromatic rings. The van der Waals surface area contributed by atoms with Gasteiger partial charge >= 0.3 is 0 Å². The Bertz CT molecular complexity index is 568. The van der Waals surface area contributed by atoms with E-state index in [-0.39, 0.29) is 5.91 Å². The number of nitrogens with one attached hydrogen (secondary N) is 1. The average molecular weight is 321 g/mol. The van der Waals surface area contributed by atoms with Crippen molar-refractivity contribution in [3.8, 4) is 0 Å². The Labute approximate surface area is 134 Å². The molecule has 1 N–H and O–H groups in total. The van der Waals surface area contributed by atoms with Crippen LogP contribution in [0, 0.1) is 0 Å². The predicted molar refractivity (Wildman–Crippen MR) is 83.9 cm³/mol. The van der Waals surface area contributed by atoms with Crippen LogP contribution in [0.1, 0.15) is 22.0 Å². The lowest BCUT2D eigenvalue weighted by Gasteiger charge is -2.27. The number of piperazine rings is 1. The molecule has 23 heavy (non-hydrogen) atoms. The van der Waals surface area contributed by atoms with Crippen LogP contribution in [0.25, 0.3) is 10.4 Å². The first-order valence-corrected chi connectivity index (χ1v) is 7.44. The number of hydrogen-bond donors (Lipinski definition) is 1. The summed E-state index contributed by atoms with van der Waals surface area (Å²) < 4.78 is 18.3. The smallest absolute Gasteiger partial charge is 0.253 e. The normalized spacial score (nSPS) is 17.2. The van der Waals surface area contributed by atoms with E-state index < -0.39 is 18.8 Å². The van der Waals surface area contributed by atoms with Crippen LogP contribution in [0.5, 0.6) is 0 Å². The van der Waals surface area contributed by atoms with Crippen molar-refractivity contribution in [3.63, 3.8) is 0 Å². The lowest BCUT2D eigenvalue weighted by atomic mass is 10.0. The van der Waals surface area contributed by atoms with Gasteiger partial charge < -0.3 is 15.0 Å². The molecule has 0 aromatic heterocycles. The number of carbonyl (C=O) groups excluding carboxylic acids is 1. The number of azide groups is 1. The maximum atomic E-state index is 13.0. The number of carbonyl (C=O) groups is 1. The van der Waals surface area contributed by atoms with E-state index >= 15 is 0 Å². The van der Waals surface area contributed by atoms with E-state index in [9.17, 15) is 9.18 Å². The Kier molecular flexibility index (Phi) is 6.34. The molecule has 0 spiro atoms. The zero-order valence-corrected chi connectivity index (χ0v) is 13.0. The lowest BCUT2D eigenvalue weighted by Crippen LogP contribution is -2.46. The van der Waals surface area contributed by atoms with Gasteiger partial charge in [0, 0.05) is 43.8 Å². The van der Waals surface area contributed by atoms with Crippen LogP contribution in [0.15, 0.2) is 29.4 Å². The van der Waals surface area contributed by atoms with Crippen LogP contribution in [0.2, 0.25) is 0 Å². The fraction of sp³-hybridized carbons (Fsp3) is 0.533. The quantitative estimate of drug-likeness (QED) is 0.494. The number of alkyl halides is 1.